The summed E-state index contributed by atoms with van der Waals surface area (Å²) in [5.74, 6) is 0.618. The average Bonchev–Trinajstić information content (AvgIpc) is 3.10. The second kappa shape index (κ2) is 8.78. The fourth-order valence-corrected chi connectivity index (χ4v) is 3.15. The molecule has 0 radical (unpaired) electrons. The van der Waals surface area contributed by atoms with E-state index in [1.807, 2.05) is 31.2 Å². The molecular weight excluding hydrogens is 386 g/mol. The first-order chi connectivity index (χ1) is 14.1. The Bertz CT molecular complexity index is 857. The first-order valence-corrected chi connectivity index (χ1v) is 10.2. The third kappa shape index (κ3) is 5.21. The van der Waals surface area contributed by atoms with Gasteiger partial charge in [0.1, 0.15) is 23.8 Å². The lowest BCUT2D eigenvalue weighted by Crippen LogP contribution is -2.48. The third-order valence-corrected chi connectivity index (χ3v) is 5.10. The van der Waals surface area contributed by atoms with Crippen molar-refractivity contribution < 1.29 is 28.2 Å². The highest BCUT2D eigenvalue weighted by atomic mass is 16.7. The Balaban J connectivity index is 1.51. The Morgan fingerprint density at radius 2 is 1.83 bits per heavy atom. The summed E-state index contributed by atoms with van der Waals surface area (Å²) in [5, 5.41) is 0. The Morgan fingerprint density at radius 3 is 2.37 bits per heavy atom. The van der Waals surface area contributed by atoms with Gasteiger partial charge in [-0.2, -0.15) is 0 Å². The van der Waals surface area contributed by atoms with Gasteiger partial charge >= 0.3 is 5.97 Å². The van der Waals surface area contributed by atoms with Gasteiger partial charge in [-0.1, -0.05) is 32.9 Å². The largest absolute Gasteiger partial charge is 0.487 e. The highest BCUT2D eigenvalue weighted by Crippen LogP contribution is 2.26. The van der Waals surface area contributed by atoms with Crippen LogP contribution >= 0.6 is 0 Å². The molecule has 7 heteroatoms. The van der Waals surface area contributed by atoms with Crippen molar-refractivity contribution in [3.8, 4) is 5.75 Å². The van der Waals surface area contributed by atoms with E-state index in [0.29, 0.717) is 25.7 Å². The smallest absolute Gasteiger partial charge is 0.366 e. The van der Waals surface area contributed by atoms with Crippen LogP contribution in [0, 0.1) is 12.8 Å². The molecule has 1 saturated heterocycles. The number of carbonyl (C=O) groups excluding carboxylic acids is 1. The van der Waals surface area contributed by atoms with Gasteiger partial charge < -0.3 is 23.4 Å². The molecule has 2 heterocycles. The van der Waals surface area contributed by atoms with E-state index in [4.69, 9.17) is 23.4 Å². The molecule has 0 bridgehead atoms. The van der Waals surface area contributed by atoms with Crippen LogP contribution in [0.1, 0.15) is 50.6 Å². The first kappa shape index (κ1) is 22.3. The van der Waals surface area contributed by atoms with Crippen LogP contribution in [0.15, 0.2) is 28.7 Å². The van der Waals surface area contributed by atoms with Crippen LogP contribution in [0.4, 0.5) is 0 Å². The molecular formula is C23H31NO6. The third-order valence-electron chi connectivity index (χ3n) is 5.10. The number of esters is 1. The summed E-state index contributed by atoms with van der Waals surface area (Å²) in [6.45, 7) is 10.9. The molecule has 1 fully saturated rings. The van der Waals surface area contributed by atoms with Crippen molar-refractivity contribution in [3.63, 3.8) is 0 Å². The van der Waals surface area contributed by atoms with Crippen molar-refractivity contribution in [2.24, 2.45) is 5.92 Å². The minimum absolute atomic E-state index is 0.133. The van der Waals surface area contributed by atoms with E-state index in [-0.39, 0.29) is 11.3 Å². The number of nitrogens with zero attached hydrogens (tertiary/aromatic N) is 1. The van der Waals surface area contributed by atoms with E-state index in [2.05, 4.69) is 25.8 Å². The van der Waals surface area contributed by atoms with Gasteiger partial charge in [-0.15, -0.1) is 0 Å². The van der Waals surface area contributed by atoms with Gasteiger partial charge in [-0.25, -0.2) is 9.78 Å². The predicted octanol–water partition coefficient (Wildman–Crippen LogP) is 3.95. The number of hydrogen-bond donors (Lipinski definition) is 0. The Hall–Kier alpha value is -2.38. The number of aryl methyl sites for hydroxylation is 1. The standard InChI is InChI=1S/C23H31NO6/c1-15-19(24-20(30-15)22(2,3)4)14-27-18-9-7-16(8-10-18)11-17-12-28-23(5,29-13-17)21(25)26-6/h7-10,17H,11-14H2,1-6H3/t17-,23+. The Morgan fingerprint density at radius 1 is 1.20 bits per heavy atom. The van der Waals surface area contributed by atoms with Crippen molar-refractivity contribution in [1.29, 1.82) is 0 Å². The molecule has 0 N–H and O–H groups in total. The van der Waals surface area contributed by atoms with Crippen LogP contribution in [0.5, 0.6) is 5.75 Å². The first-order valence-electron chi connectivity index (χ1n) is 10.2. The Labute approximate surface area is 177 Å². The van der Waals surface area contributed by atoms with E-state index in [1.54, 1.807) is 6.92 Å². The molecule has 30 heavy (non-hydrogen) atoms. The second-order valence-corrected chi connectivity index (χ2v) is 8.83. The fourth-order valence-electron chi connectivity index (χ4n) is 3.15. The van der Waals surface area contributed by atoms with Gasteiger partial charge in [0, 0.05) is 18.3 Å². The SMILES string of the molecule is COC(=O)[C@]1(C)OC[C@H](Cc2ccc(OCc3nc(C(C)(C)C)oc3C)cc2)CO1. The van der Waals surface area contributed by atoms with E-state index in [0.717, 1.165) is 29.2 Å². The van der Waals surface area contributed by atoms with Gasteiger partial charge in [-0.05, 0) is 31.0 Å². The van der Waals surface area contributed by atoms with E-state index in [9.17, 15) is 4.79 Å². The minimum atomic E-state index is -1.31. The number of hydrogen-bond acceptors (Lipinski definition) is 7. The molecule has 164 valence electrons. The van der Waals surface area contributed by atoms with E-state index < -0.39 is 11.8 Å². The summed E-state index contributed by atoms with van der Waals surface area (Å²) in [6, 6.07) is 7.94. The zero-order valence-corrected chi connectivity index (χ0v) is 18.6. The number of methoxy groups -OCH3 is 1. The lowest BCUT2D eigenvalue weighted by Gasteiger charge is -2.35. The summed E-state index contributed by atoms with van der Waals surface area (Å²) in [4.78, 5) is 16.3. The predicted molar refractivity (Wildman–Crippen MR) is 110 cm³/mol. The Kier molecular flexibility index (Phi) is 6.53. The normalized spacial score (nSPS) is 22.0. The number of ether oxygens (including phenoxy) is 4. The molecule has 7 nitrogen and oxygen atoms in total. The van der Waals surface area contributed by atoms with Crippen LogP contribution in [0.3, 0.4) is 0 Å². The number of benzene rings is 1. The second-order valence-electron chi connectivity index (χ2n) is 8.83. The lowest BCUT2D eigenvalue weighted by atomic mass is 9.97. The van der Waals surface area contributed by atoms with Crippen molar-refractivity contribution >= 4 is 5.97 Å². The summed E-state index contributed by atoms with van der Waals surface area (Å²) in [6.07, 6.45) is 0.787. The van der Waals surface area contributed by atoms with E-state index >= 15 is 0 Å². The maximum Gasteiger partial charge on any atom is 0.366 e. The number of carbonyl (C=O) groups is 1. The number of aromatic nitrogens is 1. The molecule has 0 amide bonds. The summed E-state index contributed by atoms with van der Waals surface area (Å²) in [5.41, 5.74) is 1.83. The quantitative estimate of drug-likeness (QED) is 0.658. The van der Waals surface area contributed by atoms with Crippen LogP contribution in [-0.2, 0) is 37.4 Å². The van der Waals surface area contributed by atoms with Crippen LogP contribution in [-0.4, -0.2) is 37.1 Å². The van der Waals surface area contributed by atoms with Gasteiger partial charge in [0.05, 0.1) is 20.3 Å². The number of oxazole rings is 1. The molecule has 0 unspecified atom stereocenters. The maximum atomic E-state index is 11.7. The van der Waals surface area contributed by atoms with Crippen molar-refractivity contribution in [3.05, 3.63) is 47.2 Å². The molecule has 1 aromatic carbocycles. The maximum absolute atomic E-state index is 11.7. The zero-order valence-electron chi connectivity index (χ0n) is 18.6. The summed E-state index contributed by atoms with van der Waals surface area (Å²) in [7, 11) is 1.32. The molecule has 1 aliphatic rings. The highest BCUT2D eigenvalue weighted by Gasteiger charge is 2.41. The molecule has 0 saturated carbocycles. The molecule has 2 aromatic rings. The summed E-state index contributed by atoms with van der Waals surface area (Å²) < 4.78 is 27.6. The van der Waals surface area contributed by atoms with Crippen molar-refractivity contribution in [2.45, 2.75) is 58.8 Å². The lowest BCUT2D eigenvalue weighted by molar-refractivity contribution is -0.272. The highest BCUT2D eigenvalue weighted by molar-refractivity contribution is 5.77. The monoisotopic (exact) mass is 417 g/mol. The molecule has 0 atom stereocenters. The van der Waals surface area contributed by atoms with Crippen LogP contribution in [0.25, 0.3) is 0 Å². The van der Waals surface area contributed by atoms with Gasteiger partial charge in [0.2, 0.25) is 0 Å². The topological polar surface area (TPSA) is 80.0 Å². The molecule has 3 rings (SSSR count). The zero-order chi connectivity index (χ0) is 21.9. The van der Waals surface area contributed by atoms with Crippen LogP contribution < -0.4 is 4.74 Å². The van der Waals surface area contributed by atoms with Gasteiger partial charge in [-0.3, -0.25) is 0 Å². The number of rotatable bonds is 6. The molecule has 0 spiro atoms. The fraction of sp³-hybridized carbons (Fsp3) is 0.565. The molecule has 0 aliphatic carbocycles. The average molecular weight is 418 g/mol. The van der Waals surface area contributed by atoms with Gasteiger partial charge in [0.15, 0.2) is 5.89 Å². The van der Waals surface area contributed by atoms with Crippen LogP contribution in [0.2, 0.25) is 0 Å². The molecule has 1 aliphatic heterocycles. The van der Waals surface area contributed by atoms with Crippen molar-refractivity contribution in [1.82, 2.24) is 4.98 Å². The van der Waals surface area contributed by atoms with E-state index in [1.165, 1.54) is 7.11 Å². The molecule has 1 aromatic heterocycles. The summed E-state index contributed by atoms with van der Waals surface area (Å²) >= 11 is 0. The van der Waals surface area contributed by atoms with Gasteiger partial charge in [0.25, 0.3) is 5.79 Å². The van der Waals surface area contributed by atoms with Crippen molar-refractivity contribution in [2.75, 3.05) is 20.3 Å². The minimum Gasteiger partial charge on any atom is -0.487 e.